The molecule has 0 saturated carbocycles. The molecule has 0 amide bonds. The minimum atomic E-state index is -0.965. The van der Waals surface area contributed by atoms with Gasteiger partial charge in [0.15, 0.2) is 0 Å². The predicted molar refractivity (Wildman–Crippen MR) is 104 cm³/mol. The molecule has 4 N–H and O–H groups in total. The molecule has 2 rings (SSSR count). The first kappa shape index (κ1) is 20.8. The number of aromatic hydroxyl groups is 1. The maximum atomic E-state index is 11.1. The number of carbonyl (C=O) groups is 1. The van der Waals surface area contributed by atoms with Gasteiger partial charge in [0.05, 0.1) is 6.54 Å². The van der Waals surface area contributed by atoms with Gasteiger partial charge in [0, 0.05) is 30.3 Å². The van der Waals surface area contributed by atoms with Gasteiger partial charge in [0.2, 0.25) is 0 Å². The number of phenols is 1. The number of aliphatic hydroxyl groups is 1. The fourth-order valence-corrected chi connectivity index (χ4v) is 2.56. The van der Waals surface area contributed by atoms with Gasteiger partial charge in [-0.25, -0.2) is 0 Å². The van der Waals surface area contributed by atoms with Gasteiger partial charge < -0.3 is 25.4 Å². The van der Waals surface area contributed by atoms with Crippen LogP contribution in [-0.4, -0.2) is 65.1 Å². The minimum absolute atomic E-state index is 0.0194. The fraction of sp³-hybridized carbons (Fsp3) is 0.316. The number of nitrogens with zero attached hydrogens (tertiary/aromatic N) is 1. The van der Waals surface area contributed by atoms with E-state index in [-0.39, 0.29) is 25.4 Å². The predicted octanol–water partition coefficient (Wildman–Crippen LogP) is 2.28. The van der Waals surface area contributed by atoms with Crippen LogP contribution >= 0.6 is 11.6 Å². The van der Waals surface area contributed by atoms with Crippen LogP contribution in [0.5, 0.6) is 11.5 Å². The number of aliphatic carboxylic acids is 1. The summed E-state index contributed by atoms with van der Waals surface area (Å²) < 4.78 is 5.45. The molecule has 0 unspecified atom stereocenters. The molecule has 0 aliphatic rings. The number of nitrogens with one attached hydrogen (secondary N) is 1. The zero-order chi connectivity index (χ0) is 19.6. The highest BCUT2D eigenvalue weighted by Gasteiger charge is 2.15. The van der Waals surface area contributed by atoms with Crippen LogP contribution in [0.15, 0.2) is 48.5 Å². The van der Waals surface area contributed by atoms with Crippen molar-refractivity contribution >= 4 is 23.3 Å². The third kappa shape index (κ3) is 8.17. The molecule has 0 spiro atoms. The molecule has 2 aromatic rings. The van der Waals surface area contributed by atoms with E-state index in [0.717, 1.165) is 5.69 Å². The molecule has 0 fully saturated rings. The zero-order valence-electron chi connectivity index (χ0n) is 14.7. The van der Waals surface area contributed by atoms with Gasteiger partial charge >= 0.3 is 5.97 Å². The summed E-state index contributed by atoms with van der Waals surface area (Å²) in [6.07, 6.45) is -0.853. The second-order valence-electron chi connectivity index (χ2n) is 6.02. The van der Waals surface area contributed by atoms with Crippen molar-refractivity contribution in [3.63, 3.8) is 0 Å². The van der Waals surface area contributed by atoms with Crippen LogP contribution in [0.25, 0.3) is 0 Å². The number of anilines is 1. The fourth-order valence-electron chi connectivity index (χ4n) is 2.44. The molecule has 1 atom stereocenters. The number of ether oxygens (including phenoxy) is 1. The molecule has 0 saturated heterocycles. The molecule has 146 valence electrons. The second kappa shape index (κ2) is 10.6. The lowest BCUT2D eigenvalue weighted by atomic mass is 10.3. The van der Waals surface area contributed by atoms with Crippen molar-refractivity contribution in [2.45, 2.75) is 6.10 Å². The van der Waals surface area contributed by atoms with Crippen molar-refractivity contribution in [3.8, 4) is 11.5 Å². The highest BCUT2D eigenvalue weighted by molar-refractivity contribution is 6.30. The van der Waals surface area contributed by atoms with E-state index in [1.54, 1.807) is 29.2 Å². The molecular formula is C19H23ClN2O5. The van der Waals surface area contributed by atoms with Crippen molar-refractivity contribution in [2.24, 2.45) is 0 Å². The minimum Gasteiger partial charge on any atom is -0.508 e. The lowest BCUT2D eigenvalue weighted by Crippen LogP contribution is -2.41. The van der Waals surface area contributed by atoms with Crippen molar-refractivity contribution in [1.29, 1.82) is 0 Å². The zero-order valence-corrected chi connectivity index (χ0v) is 15.5. The largest absolute Gasteiger partial charge is 0.508 e. The summed E-state index contributed by atoms with van der Waals surface area (Å²) in [7, 11) is 0. The number of carboxylic acids is 1. The number of aliphatic hydroxyl groups excluding tert-OH is 1. The highest BCUT2D eigenvalue weighted by Crippen LogP contribution is 2.16. The quantitative estimate of drug-likeness (QED) is 0.463. The van der Waals surface area contributed by atoms with Gasteiger partial charge in [-0.2, -0.15) is 0 Å². The van der Waals surface area contributed by atoms with Gasteiger partial charge in [0.25, 0.3) is 0 Å². The van der Waals surface area contributed by atoms with Crippen LogP contribution in [-0.2, 0) is 4.79 Å². The number of benzene rings is 2. The topological polar surface area (TPSA) is 102 Å². The summed E-state index contributed by atoms with van der Waals surface area (Å²) in [6, 6.07) is 13.4. The number of hydrogen-bond acceptors (Lipinski definition) is 6. The van der Waals surface area contributed by atoms with Crippen LogP contribution < -0.4 is 10.1 Å². The Bertz CT molecular complexity index is 709. The second-order valence-corrected chi connectivity index (χ2v) is 6.46. The van der Waals surface area contributed by atoms with Gasteiger partial charge in [-0.05, 0) is 48.5 Å². The Morgan fingerprint density at radius 2 is 1.81 bits per heavy atom. The SMILES string of the molecule is O=C(O)CN(CCNc1ccc(Cl)cc1)C[C@H](O)COc1ccc(O)cc1. The van der Waals surface area contributed by atoms with E-state index in [2.05, 4.69) is 5.32 Å². The van der Waals surface area contributed by atoms with Crippen LogP contribution in [0.1, 0.15) is 0 Å². The monoisotopic (exact) mass is 394 g/mol. The maximum Gasteiger partial charge on any atom is 0.317 e. The summed E-state index contributed by atoms with van der Waals surface area (Å²) in [5.41, 5.74) is 0.880. The van der Waals surface area contributed by atoms with E-state index >= 15 is 0 Å². The maximum absolute atomic E-state index is 11.1. The Hall–Kier alpha value is -2.48. The van der Waals surface area contributed by atoms with Crippen molar-refractivity contribution in [2.75, 3.05) is 38.1 Å². The molecular weight excluding hydrogens is 372 g/mol. The number of phenolic OH excluding ortho intramolecular Hbond substituents is 1. The van der Waals surface area contributed by atoms with E-state index in [4.69, 9.17) is 21.4 Å². The van der Waals surface area contributed by atoms with E-state index in [0.29, 0.717) is 23.9 Å². The molecule has 7 nitrogen and oxygen atoms in total. The Kier molecular flexibility index (Phi) is 8.19. The molecule has 8 heteroatoms. The van der Waals surface area contributed by atoms with Gasteiger partial charge in [-0.1, -0.05) is 11.6 Å². The van der Waals surface area contributed by atoms with Gasteiger partial charge in [-0.15, -0.1) is 0 Å². The van der Waals surface area contributed by atoms with Crippen molar-refractivity contribution in [3.05, 3.63) is 53.6 Å². The lowest BCUT2D eigenvalue weighted by Gasteiger charge is -2.24. The lowest BCUT2D eigenvalue weighted by molar-refractivity contribution is -0.138. The Morgan fingerprint density at radius 1 is 1.15 bits per heavy atom. The van der Waals surface area contributed by atoms with Crippen LogP contribution in [0.3, 0.4) is 0 Å². The third-order valence-electron chi connectivity index (χ3n) is 3.71. The number of halogens is 1. The Morgan fingerprint density at radius 3 is 2.44 bits per heavy atom. The Balaban J connectivity index is 1.78. The summed E-state index contributed by atoms with van der Waals surface area (Å²) in [4.78, 5) is 12.7. The standard InChI is InChI=1S/C19H23ClN2O5/c20-14-1-3-15(4-2-14)21-9-10-22(12-19(25)26)11-17(24)13-27-18-7-5-16(23)6-8-18/h1-8,17,21,23-24H,9-13H2,(H,25,26)/t17-/m0/s1. The molecule has 0 aliphatic carbocycles. The smallest absolute Gasteiger partial charge is 0.317 e. The van der Waals surface area contributed by atoms with Crippen LogP contribution in [0.2, 0.25) is 5.02 Å². The van der Waals surface area contributed by atoms with Crippen LogP contribution in [0, 0.1) is 0 Å². The van der Waals surface area contributed by atoms with Crippen molar-refractivity contribution in [1.82, 2.24) is 4.90 Å². The Labute approximate surface area is 162 Å². The molecule has 2 aromatic carbocycles. The summed E-state index contributed by atoms with van der Waals surface area (Å²) in [5.74, 6) is -0.321. The first-order chi connectivity index (χ1) is 12.9. The number of rotatable bonds is 11. The third-order valence-corrected chi connectivity index (χ3v) is 3.96. The first-order valence-electron chi connectivity index (χ1n) is 8.46. The molecule has 0 aromatic heterocycles. The summed E-state index contributed by atoms with van der Waals surface area (Å²) in [6.45, 7) is 0.947. The molecule has 0 radical (unpaired) electrons. The van der Waals surface area contributed by atoms with E-state index in [1.165, 1.54) is 12.1 Å². The van der Waals surface area contributed by atoms with E-state index in [9.17, 15) is 15.0 Å². The molecule has 0 heterocycles. The normalized spacial score (nSPS) is 12.0. The van der Waals surface area contributed by atoms with E-state index < -0.39 is 12.1 Å². The average molecular weight is 395 g/mol. The highest BCUT2D eigenvalue weighted by atomic mass is 35.5. The molecule has 0 bridgehead atoms. The average Bonchev–Trinajstić information content (AvgIpc) is 2.62. The molecule has 27 heavy (non-hydrogen) atoms. The van der Waals surface area contributed by atoms with Crippen LogP contribution in [0.4, 0.5) is 5.69 Å². The van der Waals surface area contributed by atoms with Gasteiger partial charge in [0.1, 0.15) is 24.2 Å². The number of hydrogen-bond donors (Lipinski definition) is 4. The summed E-state index contributed by atoms with van der Waals surface area (Å²) >= 11 is 5.84. The van der Waals surface area contributed by atoms with Crippen molar-refractivity contribution < 1.29 is 24.9 Å². The molecule has 0 aliphatic heterocycles. The van der Waals surface area contributed by atoms with E-state index in [1.807, 2.05) is 12.1 Å². The first-order valence-corrected chi connectivity index (χ1v) is 8.83. The number of carboxylic acid groups (broad SMARTS) is 1. The van der Waals surface area contributed by atoms with Gasteiger partial charge in [-0.3, -0.25) is 9.69 Å². The summed E-state index contributed by atoms with van der Waals surface area (Å²) in [5, 5.41) is 32.3.